The van der Waals surface area contributed by atoms with E-state index in [1.165, 1.54) is 17.5 Å². The maximum Gasteiger partial charge on any atom is 0.0317 e. The van der Waals surface area contributed by atoms with Crippen LogP contribution in [0.25, 0.3) is 0 Å². The van der Waals surface area contributed by atoms with Crippen molar-refractivity contribution in [1.29, 1.82) is 0 Å². The molecule has 0 radical (unpaired) electrons. The third-order valence-corrected chi connectivity index (χ3v) is 3.95. The van der Waals surface area contributed by atoms with E-state index in [2.05, 4.69) is 49.9 Å². The zero-order chi connectivity index (χ0) is 14.0. The summed E-state index contributed by atoms with van der Waals surface area (Å²) in [5.74, 6) is 0. The summed E-state index contributed by atoms with van der Waals surface area (Å²) in [6.45, 7) is 9.16. The van der Waals surface area contributed by atoms with Crippen LogP contribution in [-0.4, -0.2) is 43.5 Å². The fourth-order valence-corrected chi connectivity index (χ4v) is 3.11. The minimum Gasteiger partial charge on any atom is -0.399 e. The lowest BCUT2D eigenvalue weighted by atomic mass is 9.78. The molecule has 0 amide bonds. The molecule has 0 spiro atoms. The highest BCUT2D eigenvalue weighted by Crippen LogP contribution is 2.34. The average Bonchev–Trinajstić information content (AvgIpc) is 2.26. The maximum atomic E-state index is 5.93. The van der Waals surface area contributed by atoms with Gasteiger partial charge in [-0.2, -0.15) is 0 Å². The van der Waals surface area contributed by atoms with E-state index in [9.17, 15) is 0 Å². The first-order valence-corrected chi connectivity index (χ1v) is 7.14. The van der Waals surface area contributed by atoms with Gasteiger partial charge in [0.2, 0.25) is 0 Å². The first-order valence-electron chi connectivity index (χ1n) is 7.14. The molecule has 0 atom stereocenters. The number of nitrogen functional groups attached to an aromatic ring is 1. The molecule has 106 valence electrons. The summed E-state index contributed by atoms with van der Waals surface area (Å²) >= 11 is 0. The van der Waals surface area contributed by atoms with Crippen LogP contribution < -0.4 is 5.73 Å². The maximum absolute atomic E-state index is 5.93. The molecular weight excluding hydrogens is 234 g/mol. The van der Waals surface area contributed by atoms with Crippen molar-refractivity contribution >= 4 is 5.69 Å². The molecule has 1 aromatic rings. The van der Waals surface area contributed by atoms with Crippen molar-refractivity contribution < 1.29 is 0 Å². The van der Waals surface area contributed by atoms with Gasteiger partial charge in [0, 0.05) is 24.2 Å². The third kappa shape index (κ3) is 3.48. The van der Waals surface area contributed by atoms with Crippen molar-refractivity contribution in [1.82, 2.24) is 9.80 Å². The number of rotatable bonds is 4. The summed E-state index contributed by atoms with van der Waals surface area (Å²) in [6, 6.07) is 6.39. The minimum atomic E-state index is 0.222. The predicted octanol–water partition coefficient (Wildman–Crippen LogP) is 2.31. The Hall–Kier alpha value is -1.06. The molecule has 3 heteroatoms. The van der Waals surface area contributed by atoms with E-state index in [-0.39, 0.29) is 5.41 Å². The van der Waals surface area contributed by atoms with E-state index >= 15 is 0 Å². The van der Waals surface area contributed by atoms with Crippen LogP contribution in [0.5, 0.6) is 0 Å². The number of fused-ring (bicyclic) bond motifs is 1. The largest absolute Gasteiger partial charge is 0.399 e. The summed E-state index contributed by atoms with van der Waals surface area (Å²) in [5, 5.41) is 0. The molecular formula is C16H27N3. The first-order chi connectivity index (χ1) is 8.88. The number of hydrogen-bond donors (Lipinski definition) is 1. The smallest absolute Gasteiger partial charge is 0.0317 e. The van der Waals surface area contributed by atoms with Gasteiger partial charge in [-0.25, -0.2) is 0 Å². The van der Waals surface area contributed by atoms with Crippen LogP contribution in [0.1, 0.15) is 31.4 Å². The molecule has 0 bridgehead atoms. The van der Waals surface area contributed by atoms with Crippen LogP contribution in [0.2, 0.25) is 0 Å². The topological polar surface area (TPSA) is 32.5 Å². The summed E-state index contributed by atoms with van der Waals surface area (Å²) in [6.07, 6.45) is 1.22. The van der Waals surface area contributed by atoms with Crippen molar-refractivity contribution in [3.8, 4) is 0 Å². The van der Waals surface area contributed by atoms with E-state index in [0.29, 0.717) is 0 Å². The molecule has 1 aromatic carbocycles. The molecule has 19 heavy (non-hydrogen) atoms. The second kappa shape index (κ2) is 5.51. The second-order valence-electron chi connectivity index (χ2n) is 6.67. The Morgan fingerprint density at radius 3 is 2.74 bits per heavy atom. The fraction of sp³-hybridized carbons (Fsp3) is 0.625. The van der Waals surface area contributed by atoms with Crippen LogP contribution in [0.15, 0.2) is 18.2 Å². The predicted molar refractivity (Wildman–Crippen MR) is 82.3 cm³/mol. The lowest BCUT2D eigenvalue weighted by Gasteiger charge is -2.40. The SMILES string of the molecule is CN(C)CCCN1Cc2cc(N)ccc2C(C)(C)C1. The molecule has 2 rings (SSSR count). The van der Waals surface area contributed by atoms with Crippen LogP contribution in [-0.2, 0) is 12.0 Å². The standard InChI is InChI=1S/C16H27N3/c1-16(2)12-19(9-5-8-18(3)4)11-13-10-14(17)6-7-15(13)16/h6-7,10H,5,8-9,11-12,17H2,1-4H3. The van der Waals surface area contributed by atoms with Gasteiger partial charge in [-0.05, 0) is 56.9 Å². The quantitative estimate of drug-likeness (QED) is 0.844. The van der Waals surface area contributed by atoms with Gasteiger partial charge in [0.25, 0.3) is 0 Å². The molecule has 1 aliphatic heterocycles. The summed E-state index contributed by atoms with van der Waals surface area (Å²) in [7, 11) is 4.27. The zero-order valence-corrected chi connectivity index (χ0v) is 12.7. The van der Waals surface area contributed by atoms with E-state index < -0.39 is 0 Å². The van der Waals surface area contributed by atoms with Gasteiger partial charge in [0.05, 0.1) is 0 Å². The first kappa shape index (κ1) is 14.4. The molecule has 0 saturated heterocycles. The van der Waals surface area contributed by atoms with Gasteiger partial charge in [-0.15, -0.1) is 0 Å². The molecule has 1 heterocycles. The van der Waals surface area contributed by atoms with Crippen molar-refractivity contribution in [3.63, 3.8) is 0 Å². The fourth-order valence-electron chi connectivity index (χ4n) is 3.11. The Balaban J connectivity index is 2.08. The van der Waals surface area contributed by atoms with E-state index in [0.717, 1.165) is 31.9 Å². The Morgan fingerprint density at radius 1 is 1.32 bits per heavy atom. The summed E-state index contributed by atoms with van der Waals surface area (Å²) < 4.78 is 0. The Labute approximate surface area is 117 Å². The zero-order valence-electron chi connectivity index (χ0n) is 12.7. The Bertz CT molecular complexity index is 438. The van der Waals surface area contributed by atoms with Gasteiger partial charge < -0.3 is 10.6 Å². The van der Waals surface area contributed by atoms with Gasteiger partial charge >= 0.3 is 0 Å². The second-order valence-corrected chi connectivity index (χ2v) is 6.67. The van der Waals surface area contributed by atoms with Crippen molar-refractivity contribution in [2.45, 2.75) is 32.2 Å². The summed E-state index contributed by atoms with van der Waals surface area (Å²) in [4.78, 5) is 4.81. The van der Waals surface area contributed by atoms with Gasteiger partial charge in [0.1, 0.15) is 0 Å². The van der Waals surface area contributed by atoms with Crippen LogP contribution in [0, 0.1) is 0 Å². The molecule has 0 unspecified atom stereocenters. The van der Waals surface area contributed by atoms with E-state index in [1.54, 1.807) is 0 Å². The number of anilines is 1. The van der Waals surface area contributed by atoms with E-state index in [4.69, 9.17) is 5.73 Å². The highest BCUT2D eigenvalue weighted by atomic mass is 15.1. The van der Waals surface area contributed by atoms with Gasteiger partial charge in [-0.3, -0.25) is 4.90 Å². The van der Waals surface area contributed by atoms with Crippen molar-refractivity contribution in [3.05, 3.63) is 29.3 Å². The van der Waals surface area contributed by atoms with Crippen LogP contribution in [0.4, 0.5) is 5.69 Å². The molecule has 0 saturated carbocycles. The van der Waals surface area contributed by atoms with Gasteiger partial charge in [-0.1, -0.05) is 19.9 Å². The molecule has 3 nitrogen and oxygen atoms in total. The van der Waals surface area contributed by atoms with Crippen LogP contribution in [0.3, 0.4) is 0 Å². The number of nitrogens with two attached hydrogens (primary N) is 1. The number of nitrogens with zero attached hydrogens (tertiary/aromatic N) is 2. The van der Waals surface area contributed by atoms with Crippen molar-refractivity contribution in [2.75, 3.05) is 39.5 Å². The monoisotopic (exact) mass is 261 g/mol. The molecule has 0 fully saturated rings. The minimum absolute atomic E-state index is 0.222. The average molecular weight is 261 g/mol. The lowest BCUT2D eigenvalue weighted by molar-refractivity contribution is 0.186. The highest BCUT2D eigenvalue weighted by molar-refractivity contribution is 5.48. The lowest BCUT2D eigenvalue weighted by Crippen LogP contribution is -2.42. The molecule has 1 aliphatic rings. The van der Waals surface area contributed by atoms with Crippen molar-refractivity contribution in [2.24, 2.45) is 0 Å². The molecule has 0 aromatic heterocycles. The number of benzene rings is 1. The highest BCUT2D eigenvalue weighted by Gasteiger charge is 2.31. The van der Waals surface area contributed by atoms with Crippen LogP contribution >= 0.6 is 0 Å². The summed E-state index contributed by atoms with van der Waals surface area (Å²) in [5.41, 5.74) is 9.90. The Kier molecular flexibility index (Phi) is 4.16. The van der Waals surface area contributed by atoms with Gasteiger partial charge in [0.15, 0.2) is 0 Å². The molecule has 0 aliphatic carbocycles. The Morgan fingerprint density at radius 2 is 2.05 bits per heavy atom. The number of hydrogen-bond acceptors (Lipinski definition) is 3. The van der Waals surface area contributed by atoms with E-state index in [1.807, 2.05) is 6.07 Å². The third-order valence-electron chi connectivity index (χ3n) is 3.95. The normalized spacial score (nSPS) is 18.6. The molecule has 2 N–H and O–H groups in total.